The minimum atomic E-state index is -3.50. The third-order valence-corrected chi connectivity index (χ3v) is 7.30. The molecule has 2 aromatic carbocycles. The van der Waals surface area contributed by atoms with Crippen molar-refractivity contribution in [3.8, 4) is 0 Å². The van der Waals surface area contributed by atoms with Gasteiger partial charge in [0.1, 0.15) is 0 Å². The number of piperazine rings is 1. The van der Waals surface area contributed by atoms with E-state index in [2.05, 4.69) is 6.92 Å². The molecule has 0 aromatic heterocycles. The first-order valence-electron chi connectivity index (χ1n) is 9.69. The lowest BCUT2D eigenvalue weighted by Gasteiger charge is -2.33. The monoisotopic (exact) mass is 430 g/mol. The van der Waals surface area contributed by atoms with Crippen molar-refractivity contribution in [2.75, 3.05) is 31.9 Å². The molecule has 3 rings (SSSR count). The maximum atomic E-state index is 12.7. The van der Waals surface area contributed by atoms with Gasteiger partial charge in [-0.2, -0.15) is 16.1 Å². The van der Waals surface area contributed by atoms with E-state index < -0.39 is 10.0 Å². The van der Waals surface area contributed by atoms with Crippen LogP contribution in [-0.2, 0) is 15.8 Å². The fourth-order valence-corrected chi connectivity index (χ4v) is 4.91. The SMILES string of the molecule is CCSCc1ccc(C(=O)N2CCN(S(=O)(=O)/C=C/c3ccccc3)CC2)cc1. The Balaban J connectivity index is 1.56. The Morgan fingerprint density at radius 2 is 1.66 bits per heavy atom. The molecule has 1 aliphatic rings. The minimum Gasteiger partial charge on any atom is -0.336 e. The highest BCUT2D eigenvalue weighted by Gasteiger charge is 2.27. The van der Waals surface area contributed by atoms with Gasteiger partial charge in [0.25, 0.3) is 5.91 Å². The summed E-state index contributed by atoms with van der Waals surface area (Å²) < 4.78 is 26.6. The second-order valence-corrected chi connectivity index (χ2v) is 9.88. The topological polar surface area (TPSA) is 57.7 Å². The quantitative estimate of drug-likeness (QED) is 0.672. The van der Waals surface area contributed by atoms with E-state index in [1.807, 2.05) is 66.4 Å². The van der Waals surface area contributed by atoms with Crippen LogP contribution in [0.25, 0.3) is 6.08 Å². The molecule has 1 heterocycles. The lowest BCUT2D eigenvalue weighted by atomic mass is 10.1. The number of hydrogen-bond donors (Lipinski definition) is 0. The molecule has 0 saturated carbocycles. The van der Waals surface area contributed by atoms with Gasteiger partial charge >= 0.3 is 0 Å². The Kier molecular flexibility index (Phi) is 7.52. The molecule has 0 aliphatic carbocycles. The lowest BCUT2D eigenvalue weighted by Crippen LogP contribution is -2.50. The molecule has 1 aliphatic heterocycles. The molecule has 154 valence electrons. The largest absolute Gasteiger partial charge is 0.336 e. The van der Waals surface area contributed by atoms with Crippen LogP contribution in [0.1, 0.15) is 28.4 Å². The summed E-state index contributed by atoms with van der Waals surface area (Å²) >= 11 is 1.85. The average Bonchev–Trinajstić information content (AvgIpc) is 2.77. The van der Waals surface area contributed by atoms with Gasteiger partial charge in [-0.15, -0.1) is 0 Å². The number of rotatable bonds is 7. The normalized spacial score (nSPS) is 15.7. The summed E-state index contributed by atoms with van der Waals surface area (Å²) in [6.45, 7) is 3.52. The average molecular weight is 431 g/mol. The third-order valence-electron chi connectivity index (χ3n) is 4.79. The number of thioether (sulfide) groups is 1. The molecule has 5 nitrogen and oxygen atoms in total. The van der Waals surface area contributed by atoms with Crippen molar-refractivity contribution in [1.82, 2.24) is 9.21 Å². The smallest absolute Gasteiger partial charge is 0.253 e. The van der Waals surface area contributed by atoms with Crippen LogP contribution in [0.3, 0.4) is 0 Å². The van der Waals surface area contributed by atoms with Crippen LogP contribution in [0.2, 0.25) is 0 Å². The van der Waals surface area contributed by atoms with Crippen LogP contribution in [0.15, 0.2) is 60.0 Å². The van der Waals surface area contributed by atoms with Crippen molar-refractivity contribution >= 4 is 33.8 Å². The van der Waals surface area contributed by atoms with Crippen molar-refractivity contribution < 1.29 is 13.2 Å². The van der Waals surface area contributed by atoms with E-state index in [1.165, 1.54) is 15.3 Å². The molecule has 0 atom stereocenters. The summed E-state index contributed by atoms with van der Waals surface area (Å²) in [5, 5.41) is 1.24. The number of hydrogen-bond acceptors (Lipinski definition) is 4. The third kappa shape index (κ3) is 5.95. The van der Waals surface area contributed by atoms with Crippen molar-refractivity contribution in [1.29, 1.82) is 0 Å². The lowest BCUT2D eigenvalue weighted by molar-refractivity contribution is 0.0698. The number of amides is 1. The zero-order valence-corrected chi connectivity index (χ0v) is 18.2. The van der Waals surface area contributed by atoms with E-state index in [-0.39, 0.29) is 5.91 Å². The summed E-state index contributed by atoms with van der Waals surface area (Å²) in [6, 6.07) is 17.0. The summed E-state index contributed by atoms with van der Waals surface area (Å²) in [5.41, 5.74) is 2.69. The Labute approximate surface area is 177 Å². The molecule has 7 heteroatoms. The number of carbonyl (C=O) groups excluding carboxylic acids is 1. The van der Waals surface area contributed by atoms with Crippen LogP contribution in [0.5, 0.6) is 0 Å². The first-order chi connectivity index (χ1) is 14.0. The predicted molar refractivity (Wildman–Crippen MR) is 120 cm³/mol. The van der Waals surface area contributed by atoms with Gasteiger partial charge in [-0.3, -0.25) is 4.79 Å². The van der Waals surface area contributed by atoms with Crippen LogP contribution < -0.4 is 0 Å². The fourth-order valence-electron chi connectivity index (χ4n) is 3.11. The van der Waals surface area contributed by atoms with Crippen LogP contribution >= 0.6 is 11.8 Å². The molecule has 0 N–H and O–H groups in total. The molecule has 0 radical (unpaired) electrons. The van der Waals surface area contributed by atoms with Gasteiger partial charge in [0.2, 0.25) is 10.0 Å². The Hall–Kier alpha value is -2.09. The summed E-state index contributed by atoms with van der Waals surface area (Å²) in [6.07, 6.45) is 1.60. The highest BCUT2D eigenvalue weighted by molar-refractivity contribution is 7.98. The second kappa shape index (κ2) is 10.1. The van der Waals surface area contributed by atoms with Crippen LogP contribution in [-0.4, -0.2) is 55.5 Å². The van der Waals surface area contributed by atoms with E-state index in [0.29, 0.717) is 31.7 Å². The zero-order valence-electron chi connectivity index (χ0n) is 16.5. The molecule has 0 unspecified atom stereocenters. The molecule has 29 heavy (non-hydrogen) atoms. The van der Waals surface area contributed by atoms with Crippen LogP contribution in [0, 0.1) is 0 Å². The first-order valence-corrected chi connectivity index (χ1v) is 12.3. The number of benzene rings is 2. The van der Waals surface area contributed by atoms with Crippen molar-refractivity contribution in [3.05, 3.63) is 76.7 Å². The Bertz CT molecular complexity index is 934. The molecule has 1 saturated heterocycles. The molecule has 2 aromatic rings. The molecular weight excluding hydrogens is 404 g/mol. The molecular formula is C22H26N2O3S2. The molecule has 1 amide bonds. The highest BCUT2D eigenvalue weighted by Crippen LogP contribution is 2.16. The van der Waals surface area contributed by atoms with E-state index in [4.69, 9.17) is 0 Å². The molecule has 1 fully saturated rings. The fraction of sp³-hybridized carbons (Fsp3) is 0.318. The number of sulfonamides is 1. The van der Waals surface area contributed by atoms with E-state index in [9.17, 15) is 13.2 Å². The number of nitrogens with zero attached hydrogens (tertiary/aromatic N) is 2. The highest BCUT2D eigenvalue weighted by atomic mass is 32.2. The Morgan fingerprint density at radius 1 is 1.00 bits per heavy atom. The van der Waals surface area contributed by atoms with Crippen molar-refractivity contribution in [2.45, 2.75) is 12.7 Å². The summed E-state index contributed by atoms with van der Waals surface area (Å²) in [7, 11) is -3.50. The van der Waals surface area contributed by atoms with E-state index in [0.717, 1.165) is 17.1 Å². The summed E-state index contributed by atoms with van der Waals surface area (Å²) in [4.78, 5) is 14.5. The van der Waals surface area contributed by atoms with Gasteiger partial charge in [0.15, 0.2) is 0 Å². The van der Waals surface area contributed by atoms with Gasteiger partial charge in [-0.1, -0.05) is 49.4 Å². The first kappa shape index (κ1) is 21.6. The van der Waals surface area contributed by atoms with Crippen molar-refractivity contribution in [2.24, 2.45) is 0 Å². The van der Waals surface area contributed by atoms with Gasteiger partial charge in [-0.25, -0.2) is 8.42 Å². The van der Waals surface area contributed by atoms with E-state index in [1.54, 1.807) is 11.0 Å². The van der Waals surface area contributed by atoms with Crippen LogP contribution in [0.4, 0.5) is 0 Å². The maximum absolute atomic E-state index is 12.7. The Morgan fingerprint density at radius 3 is 2.28 bits per heavy atom. The standard InChI is InChI=1S/C22H26N2O3S2/c1-2-28-18-20-8-10-21(11-9-20)22(25)23-13-15-24(16-14-23)29(26,27)17-12-19-6-4-3-5-7-19/h3-12,17H,2,13-16,18H2,1H3/b17-12+. The second-order valence-electron chi connectivity index (χ2n) is 6.78. The minimum absolute atomic E-state index is 0.0448. The maximum Gasteiger partial charge on any atom is 0.253 e. The zero-order chi connectivity index (χ0) is 20.7. The van der Waals surface area contributed by atoms with Gasteiger partial charge in [-0.05, 0) is 35.1 Å². The van der Waals surface area contributed by atoms with Gasteiger partial charge in [0, 0.05) is 42.9 Å². The van der Waals surface area contributed by atoms with Crippen molar-refractivity contribution in [3.63, 3.8) is 0 Å². The van der Waals surface area contributed by atoms with E-state index >= 15 is 0 Å². The summed E-state index contributed by atoms with van der Waals surface area (Å²) in [5.74, 6) is 1.96. The molecule has 0 bridgehead atoms. The predicted octanol–water partition coefficient (Wildman–Crippen LogP) is 3.70. The molecule has 0 spiro atoms. The van der Waals surface area contributed by atoms with Gasteiger partial charge < -0.3 is 4.90 Å². The van der Waals surface area contributed by atoms with Gasteiger partial charge in [0.05, 0.1) is 0 Å². The number of carbonyl (C=O) groups is 1.